The molecule has 0 aromatic heterocycles. The van der Waals surface area contributed by atoms with Gasteiger partial charge in [0.25, 0.3) is 0 Å². The van der Waals surface area contributed by atoms with Crippen molar-refractivity contribution in [3.63, 3.8) is 0 Å². The van der Waals surface area contributed by atoms with E-state index in [0.717, 1.165) is 58.3 Å². The van der Waals surface area contributed by atoms with Crippen molar-refractivity contribution in [1.82, 2.24) is 20.4 Å². The van der Waals surface area contributed by atoms with Crippen molar-refractivity contribution in [2.45, 2.75) is 50.6 Å². The number of piperidine rings is 2. The van der Waals surface area contributed by atoms with E-state index in [1.165, 1.54) is 0 Å². The van der Waals surface area contributed by atoms with Gasteiger partial charge in [-0.05, 0) is 45.6 Å². The Labute approximate surface area is 132 Å². The summed E-state index contributed by atoms with van der Waals surface area (Å²) in [5, 5.41) is 6.53. The Kier molecular flexibility index (Phi) is 4.68. The molecule has 2 unspecified atom stereocenters. The Morgan fingerprint density at radius 1 is 1.23 bits per heavy atom. The zero-order valence-corrected chi connectivity index (χ0v) is 13.6. The van der Waals surface area contributed by atoms with Gasteiger partial charge in [0.2, 0.25) is 11.8 Å². The third kappa shape index (κ3) is 3.13. The first-order valence-corrected chi connectivity index (χ1v) is 8.65. The van der Waals surface area contributed by atoms with Crippen molar-refractivity contribution in [3.05, 3.63) is 0 Å². The summed E-state index contributed by atoms with van der Waals surface area (Å²) in [6.45, 7) is 6.54. The highest BCUT2D eigenvalue weighted by molar-refractivity contribution is 5.86. The minimum atomic E-state index is -0.409. The number of piperazine rings is 1. The SMILES string of the molecule is CC1(C(=O)N2CCCC(N3CCNCC3=O)C2)CCCCN1. The summed E-state index contributed by atoms with van der Waals surface area (Å²) in [5.74, 6) is 0.395. The molecule has 0 radical (unpaired) electrons. The summed E-state index contributed by atoms with van der Waals surface area (Å²) >= 11 is 0. The van der Waals surface area contributed by atoms with Gasteiger partial charge in [0.1, 0.15) is 0 Å². The van der Waals surface area contributed by atoms with Gasteiger partial charge in [-0.2, -0.15) is 0 Å². The number of likely N-dealkylation sites (tertiary alicyclic amines) is 1. The minimum absolute atomic E-state index is 0.174. The summed E-state index contributed by atoms with van der Waals surface area (Å²) in [6.07, 6.45) is 5.19. The van der Waals surface area contributed by atoms with Crippen LogP contribution in [-0.4, -0.2) is 72.5 Å². The Hall–Kier alpha value is -1.14. The maximum Gasteiger partial charge on any atom is 0.242 e. The Bertz CT molecular complexity index is 434. The first-order chi connectivity index (χ1) is 10.6. The summed E-state index contributed by atoms with van der Waals surface area (Å²) in [6, 6.07) is 0.194. The van der Waals surface area contributed by atoms with Crippen LogP contribution in [0.25, 0.3) is 0 Å². The first-order valence-electron chi connectivity index (χ1n) is 8.65. The predicted molar refractivity (Wildman–Crippen MR) is 84.4 cm³/mol. The fourth-order valence-corrected chi connectivity index (χ4v) is 3.99. The average molecular weight is 308 g/mol. The first kappa shape index (κ1) is 15.7. The molecule has 6 heteroatoms. The molecule has 2 atom stereocenters. The van der Waals surface area contributed by atoms with Gasteiger partial charge in [-0.3, -0.25) is 9.59 Å². The number of hydrogen-bond donors (Lipinski definition) is 2. The fraction of sp³-hybridized carbons (Fsp3) is 0.875. The number of rotatable bonds is 2. The van der Waals surface area contributed by atoms with Crippen LogP contribution < -0.4 is 10.6 Å². The quantitative estimate of drug-likeness (QED) is 0.750. The number of amides is 2. The number of nitrogens with zero attached hydrogens (tertiary/aromatic N) is 2. The lowest BCUT2D eigenvalue weighted by atomic mass is 9.88. The highest BCUT2D eigenvalue weighted by Gasteiger charge is 2.40. The van der Waals surface area contributed by atoms with E-state index in [-0.39, 0.29) is 17.9 Å². The van der Waals surface area contributed by atoms with Crippen LogP contribution in [0.15, 0.2) is 0 Å². The molecular formula is C16H28N4O2. The standard InChI is InChI=1S/C16H28N4O2/c1-16(6-2-3-7-18-16)15(22)19-9-4-5-13(12-19)20-10-8-17-11-14(20)21/h13,17-18H,2-12H2,1H3. The van der Waals surface area contributed by atoms with Crippen molar-refractivity contribution >= 4 is 11.8 Å². The minimum Gasteiger partial charge on any atom is -0.339 e. The van der Waals surface area contributed by atoms with Gasteiger partial charge in [-0.15, -0.1) is 0 Å². The lowest BCUT2D eigenvalue weighted by Gasteiger charge is -2.44. The van der Waals surface area contributed by atoms with E-state index in [9.17, 15) is 9.59 Å². The molecule has 3 aliphatic rings. The lowest BCUT2D eigenvalue weighted by Crippen LogP contribution is -2.62. The molecule has 3 heterocycles. The molecule has 0 saturated carbocycles. The van der Waals surface area contributed by atoms with Crippen molar-refractivity contribution in [2.24, 2.45) is 0 Å². The zero-order chi connectivity index (χ0) is 15.6. The third-order valence-electron chi connectivity index (χ3n) is 5.34. The van der Waals surface area contributed by atoms with E-state index in [4.69, 9.17) is 0 Å². The van der Waals surface area contributed by atoms with Gasteiger partial charge in [0.05, 0.1) is 12.1 Å². The van der Waals surface area contributed by atoms with Gasteiger partial charge < -0.3 is 20.4 Å². The van der Waals surface area contributed by atoms with Crippen molar-refractivity contribution in [1.29, 1.82) is 0 Å². The topological polar surface area (TPSA) is 64.7 Å². The number of carbonyl (C=O) groups excluding carboxylic acids is 2. The van der Waals surface area contributed by atoms with Gasteiger partial charge in [-0.25, -0.2) is 0 Å². The van der Waals surface area contributed by atoms with E-state index in [0.29, 0.717) is 13.1 Å². The molecule has 2 amide bonds. The molecule has 0 spiro atoms. The second-order valence-electron chi connectivity index (χ2n) is 7.03. The van der Waals surface area contributed by atoms with Crippen LogP contribution >= 0.6 is 0 Å². The zero-order valence-electron chi connectivity index (χ0n) is 13.6. The Morgan fingerprint density at radius 2 is 2.09 bits per heavy atom. The second kappa shape index (κ2) is 6.54. The molecule has 0 aliphatic carbocycles. The van der Waals surface area contributed by atoms with Crippen LogP contribution in [-0.2, 0) is 9.59 Å². The Morgan fingerprint density at radius 3 is 2.82 bits per heavy atom. The fourth-order valence-electron chi connectivity index (χ4n) is 3.99. The highest BCUT2D eigenvalue weighted by Crippen LogP contribution is 2.25. The molecule has 3 aliphatic heterocycles. The number of hydrogen-bond acceptors (Lipinski definition) is 4. The Balaban J connectivity index is 1.64. The summed E-state index contributed by atoms with van der Waals surface area (Å²) in [5.41, 5.74) is -0.409. The molecule has 2 N–H and O–H groups in total. The maximum absolute atomic E-state index is 12.9. The molecule has 0 aromatic rings. The largest absolute Gasteiger partial charge is 0.339 e. The van der Waals surface area contributed by atoms with Crippen molar-refractivity contribution in [2.75, 3.05) is 39.3 Å². The highest BCUT2D eigenvalue weighted by atomic mass is 16.2. The third-order valence-corrected chi connectivity index (χ3v) is 5.34. The van der Waals surface area contributed by atoms with Crippen LogP contribution in [0.3, 0.4) is 0 Å². The average Bonchev–Trinajstić information content (AvgIpc) is 2.55. The second-order valence-corrected chi connectivity index (χ2v) is 7.03. The normalized spacial score (nSPS) is 33.9. The van der Waals surface area contributed by atoms with Crippen LogP contribution in [0.4, 0.5) is 0 Å². The van der Waals surface area contributed by atoms with Gasteiger partial charge in [0.15, 0.2) is 0 Å². The van der Waals surface area contributed by atoms with Crippen molar-refractivity contribution in [3.8, 4) is 0 Å². The number of nitrogens with one attached hydrogen (secondary N) is 2. The van der Waals surface area contributed by atoms with Crippen LogP contribution in [0.1, 0.15) is 39.0 Å². The number of carbonyl (C=O) groups is 2. The van der Waals surface area contributed by atoms with Crippen LogP contribution in [0.2, 0.25) is 0 Å². The smallest absolute Gasteiger partial charge is 0.242 e. The van der Waals surface area contributed by atoms with E-state index >= 15 is 0 Å². The summed E-state index contributed by atoms with van der Waals surface area (Å²) in [4.78, 5) is 29.0. The molecule has 3 saturated heterocycles. The van der Waals surface area contributed by atoms with E-state index in [1.54, 1.807) is 0 Å². The molecule has 3 rings (SSSR count). The summed E-state index contributed by atoms with van der Waals surface area (Å²) in [7, 11) is 0. The van der Waals surface area contributed by atoms with Gasteiger partial charge in [-0.1, -0.05) is 0 Å². The molecule has 124 valence electrons. The lowest BCUT2D eigenvalue weighted by molar-refractivity contribution is -0.144. The molecule has 0 bridgehead atoms. The van der Waals surface area contributed by atoms with Gasteiger partial charge >= 0.3 is 0 Å². The van der Waals surface area contributed by atoms with Crippen molar-refractivity contribution < 1.29 is 9.59 Å². The van der Waals surface area contributed by atoms with E-state index in [1.807, 2.05) is 16.7 Å². The molecule has 6 nitrogen and oxygen atoms in total. The maximum atomic E-state index is 12.9. The van der Waals surface area contributed by atoms with E-state index < -0.39 is 5.54 Å². The molecule has 22 heavy (non-hydrogen) atoms. The van der Waals surface area contributed by atoms with Gasteiger partial charge in [0, 0.05) is 32.2 Å². The molecule has 3 fully saturated rings. The summed E-state index contributed by atoms with van der Waals surface area (Å²) < 4.78 is 0. The monoisotopic (exact) mass is 308 g/mol. The molecular weight excluding hydrogens is 280 g/mol. The predicted octanol–water partition coefficient (Wildman–Crippen LogP) is -0.0586. The van der Waals surface area contributed by atoms with Crippen LogP contribution in [0, 0.1) is 0 Å². The van der Waals surface area contributed by atoms with Crippen LogP contribution in [0.5, 0.6) is 0 Å². The molecule has 0 aromatic carbocycles. The van der Waals surface area contributed by atoms with E-state index in [2.05, 4.69) is 10.6 Å².